The van der Waals surface area contributed by atoms with Crippen LogP contribution in [-0.2, 0) is 4.79 Å². The minimum absolute atomic E-state index is 0.0930. The van der Waals surface area contributed by atoms with Crippen LogP contribution in [0, 0.1) is 5.82 Å². The van der Waals surface area contributed by atoms with Crippen molar-refractivity contribution < 1.29 is 18.4 Å². The molecule has 2 N–H and O–H groups in total. The minimum Gasteiger partial charge on any atom is -0.457 e. The van der Waals surface area contributed by atoms with E-state index in [1.165, 1.54) is 18.2 Å². The lowest BCUT2D eigenvalue weighted by atomic mass is 10.1. The first-order valence-electron chi connectivity index (χ1n) is 9.41. The van der Waals surface area contributed by atoms with Crippen LogP contribution in [0.25, 0.3) is 23.0 Å². The van der Waals surface area contributed by atoms with Crippen molar-refractivity contribution in [1.82, 2.24) is 5.32 Å². The van der Waals surface area contributed by atoms with Crippen LogP contribution >= 0.6 is 0 Å². The van der Waals surface area contributed by atoms with E-state index in [0.29, 0.717) is 39.9 Å². The quantitative estimate of drug-likeness (QED) is 0.648. The van der Waals surface area contributed by atoms with Gasteiger partial charge in [0.15, 0.2) is 0 Å². The van der Waals surface area contributed by atoms with E-state index in [0.717, 1.165) is 18.4 Å². The molecule has 0 radical (unpaired) electrons. The van der Waals surface area contributed by atoms with E-state index in [2.05, 4.69) is 10.6 Å². The van der Waals surface area contributed by atoms with Gasteiger partial charge in [0, 0.05) is 28.4 Å². The molecule has 1 aliphatic carbocycles. The molecule has 2 aromatic carbocycles. The Labute approximate surface area is 166 Å². The lowest BCUT2D eigenvalue weighted by Gasteiger charge is -2.04. The maximum Gasteiger partial charge on any atom is 0.256 e. The Kier molecular flexibility index (Phi) is 4.05. The van der Waals surface area contributed by atoms with Crippen LogP contribution in [0.5, 0.6) is 0 Å². The molecule has 1 saturated carbocycles. The molecule has 29 heavy (non-hydrogen) atoms. The minimum atomic E-state index is -0.410. The van der Waals surface area contributed by atoms with Crippen LogP contribution in [0.1, 0.15) is 34.5 Å². The molecule has 5 nitrogen and oxygen atoms in total. The predicted octanol–water partition coefficient (Wildman–Crippen LogP) is 4.47. The topological polar surface area (TPSA) is 71.3 Å². The van der Waals surface area contributed by atoms with Gasteiger partial charge in [-0.25, -0.2) is 4.39 Å². The fraction of sp³-hybridized carbons (Fsp3) is 0.130. The normalized spacial score (nSPS) is 16.6. The van der Waals surface area contributed by atoms with Crippen molar-refractivity contribution in [3.8, 4) is 11.3 Å². The lowest BCUT2D eigenvalue weighted by Crippen LogP contribution is -2.25. The molecule has 1 aromatic heterocycles. The van der Waals surface area contributed by atoms with Gasteiger partial charge in [0.05, 0.1) is 5.57 Å². The first-order chi connectivity index (χ1) is 14.1. The van der Waals surface area contributed by atoms with Gasteiger partial charge in [-0.05, 0) is 61.4 Å². The number of halogens is 1. The molecule has 0 atom stereocenters. The number of furan rings is 1. The lowest BCUT2D eigenvalue weighted by molar-refractivity contribution is -0.110. The highest BCUT2D eigenvalue weighted by atomic mass is 19.1. The average molecular weight is 388 g/mol. The zero-order valence-electron chi connectivity index (χ0n) is 15.4. The Morgan fingerprint density at radius 1 is 1.14 bits per heavy atom. The number of anilines is 1. The largest absolute Gasteiger partial charge is 0.457 e. The number of fused-ring (bicyclic) bond motifs is 1. The first-order valence-corrected chi connectivity index (χ1v) is 9.41. The van der Waals surface area contributed by atoms with Crippen LogP contribution in [0.4, 0.5) is 10.1 Å². The molecular weight excluding hydrogens is 371 g/mol. The molecule has 5 rings (SSSR count). The van der Waals surface area contributed by atoms with Crippen LogP contribution in [0.15, 0.2) is 59.0 Å². The maximum absolute atomic E-state index is 13.6. The average Bonchev–Trinajstić information content (AvgIpc) is 3.31. The Bertz CT molecular complexity index is 1170. The number of rotatable bonds is 4. The SMILES string of the molecule is O=C1Nc2ccc(F)cc2C1=Cc1ccc(-c2cccc(C(=O)NC3CC3)c2)o1. The molecule has 2 aliphatic rings. The van der Waals surface area contributed by atoms with Crippen molar-refractivity contribution in [2.75, 3.05) is 5.32 Å². The highest BCUT2D eigenvalue weighted by Crippen LogP contribution is 2.34. The van der Waals surface area contributed by atoms with Crippen molar-refractivity contribution in [3.63, 3.8) is 0 Å². The van der Waals surface area contributed by atoms with E-state index in [9.17, 15) is 14.0 Å². The molecule has 6 heteroatoms. The molecule has 144 valence electrons. The zero-order valence-corrected chi connectivity index (χ0v) is 15.4. The summed E-state index contributed by atoms with van der Waals surface area (Å²) in [7, 11) is 0. The summed E-state index contributed by atoms with van der Waals surface area (Å²) in [6.07, 6.45) is 3.65. The second-order valence-corrected chi connectivity index (χ2v) is 7.23. The summed E-state index contributed by atoms with van der Waals surface area (Å²) in [5.41, 5.74) is 2.76. The Morgan fingerprint density at radius 3 is 2.83 bits per heavy atom. The van der Waals surface area contributed by atoms with Crippen molar-refractivity contribution in [2.45, 2.75) is 18.9 Å². The molecule has 1 aliphatic heterocycles. The second-order valence-electron chi connectivity index (χ2n) is 7.23. The first kappa shape index (κ1) is 17.4. The Balaban J connectivity index is 1.43. The van der Waals surface area contributed by atoms with E-state index in [1.807, 2.05) is 6.07 Å². The third-order valence-corrected chi connectivity index (χ3v) is 5.00. The summed E-state index contributed by atoms with van der Waals surface area (Å²) in [6, 6.07) is 15.2. The van der Waals surface area contributed by atoms with Gasteiger partial charge >= 0.3 is 0 Å². The fourth-order valence-corrected chi connectivity index (χ4v) is 3.34. The molecule has 0 saturated heterocycles. The van der Waals surface area contributed by atoms with Gasteiger partial charge < -0.3 is 15.1 Å². The Hall–Kier alpha value is -3.67. The molecule has 3 aromatic rings. The Morgan fingerprint density at radius 2 is 2.00 bits per heavy atom. The fourth-order valence-electron chi connectivity index (χ4n) is 3.34. The molecule has 0 unspecified atom stereocenters. The number of nitrogens with one attached hydrogen (secondary N) is 2. The van der Waals surface area contributed by atoms with E-state index in [1.54, 1.807) is 36.4 Å². The van der Waals surface area contributed by atoms with Crippen LogP contribution in [-0.4, -0.2) is 17.9 Å². The van der Waals surface area contributed by atoms with Crippen LogP contribution < -0.4 is 10.6 Å². The monoisotopic (exact) mass is 388 g/mol. The van der Waals surface area contributed by atoms with Gasteiger partial charge in [-0.15, -0.1) is 0 Å². The van der Waals surface area contributed by atoms with Crippen LogP contribution in [0.3, 0.4) is 0 Å². The van der Waals surface area contributed by atoms with Crippen molar-refractivity contribution in [2.24, 2.45) is 0 Å². The van der Waals surface area contributed by atoms with Crippen molar-refractivity contribution in [1.29, 1.82) is 0 Å². The second kappa shape index (κ2) is 6.74. The third kappa shape index (κ3) is 3.45. The summed E-state index contributed by atoms with van der Waals surface area (Å²) >= 11 is 0. The molecule has 0 spiro atoms. The van der Waals surface area contributed by atoms with Crippen molar-refractivity contribution in [3.05, 3.63) is 77.3 Å². The molecular formula is C23H17FN2O3. The van der Waals surface area contributed by atoms with Gasteiger partial charge in [0.2, 0.25) is 0 Å². The van der Waals surface area contributed by atoms with Gasteiger partial charge in [0.25, 0.3) is 11.8 Å². The van der Waals surface area contributed by atoms with Gasteiger partial charge in [-0.3, -0.25) is 9.59 Å². The smallest absolute Gasteiger partial charge is 0.256 e. The maximum atomic E-state index is 13.6. The number of carbonyl (C=O) groups excluding carboxylic acids is 2. The molecule has 2 amide bonds. The van der Waals surface area contributed by atoms with E-state index in [4.69, 9.17) is 4.42 Å². The summed E-state index contributed by atoms with van der Waals surface area (Å²) < 4.78 is 19.5. The summed E-state index contributed by atoms with van der Waals surface area (Å²) in [5.74, 6) is 0.241. The number of benzene rings is 2. The molecule has 1 fully saturated rings. The number of hydrogen-bond donors (Lipinski definition) is 2. The summed E-state index contributed by atoms with van der Waals surface area (Å²) in [6.45, 7) is 0. The highest BCUT2D eigenvalue weighted by Gasteiger charge is 2.25. The van der Waals surface area contributed by atoms with Gasteiger partial charge in [-0.1, -0.05) is 12.1 Å². The predicted molar refractivity (Wildman–Crippen MR) is 108 cm³/mol. The van der Waals surface area contributed by atoms with Crippen molar-refractivity contribution >= 4 is 29.2 Å². The van der Waals surface area contributed by atoms with E-state index < -0.39 is 5.82 Å². The standard InChI is InChI=1S/C23H17FN2O3/c24-15-4-8-20-18(11-15)19(23(28)26-20)12-17-7-9-21(29-17)13-2-1-3-14(10-13)22(27)25-16-5-6-16/h1-4,7-12,16H,5-6H2,(H,25,27)(H,26,28). The third-order valence-electron chi connectivity index (χ3n) is 5.00. The van der Waals surface area contributed by atoms with Crippen LogP contribution in [0.2, 0.25) is 0 Å². The number of amides is 2. The van der Waals surface area contributed by atoms with E-state index in [-0.39, 0.29) is 11.8 Å². The van der Waals surface area contributed by atoms with Gasteiger partial charge in [0.1, 0.15) is 17.3 Å². The number of hydrogen-bond acceptors (Lipinski definition) is 3. The summed E-state index contributed by atoms with van der Waals surface area (Å²) in [4.78, 5) is 24.5. The molecule has 0 bridgehead atoms. The van der Waals surface area contributed by atoms with Gasteiger partial charge in [-0.2, -0.15) is 0 Å². The molecule has 2 heterocycles. The number of carbonyl (C=O) groups is 2. The summed E-state index contributed by atoms with van der Waals surface area (Å²) in [5, 5.41) is 5.68. The zero-order chi connectivity index (χ0) is 20.0. The van der Waals surface area contributed by atoms with E-state index >= 15 is 0 Å². The highest BCUT2D eigenvalue weighted by molar-refractivity contribution is 6.34.